The molecule has 2 heteroatoms. The molecule has 0 spiro atoms. The Bertz CT molecular complexity index is 202. The summed E-state index contributed by atoms with van der Waals surface area (Å²) in [5.41, 5.74) is 1.83. The number of likely N-dealkylation sites (N-methyl/N-ethyl adjacent to an activating group) is 1. The maximum atomic E-state index is 6.93. The van der Waals surface area contributed by atoms with Crippen LogP contribution in [0.1, 0.15) is 6.92 Å². The van der Waals surface area contributed by atoms with Crippen molar-refractivity contribution >= 4 is 6.34 Å². The minimum absolute atomic E-state index is 0.789. The van der Waals surface area contributed by atoms with Crippen molar-refractivity contribution < 1.29 is 0 Å². The van der Waals surface area contributed by atoms with E-state index in [0.717, 1.165) is 11.3 Å². The van der Waals surface area contributed by atoms with Gasteiger partial charge in [-0.05, 0) is 18.6 Å². The average Bonchev–Trinajstić information content (AvgIpc) is 2.02. The highest BCUT2D eigenvalue weighted by Gasteiger charge is 1.92. The summed E-state index contributed by atoms with van der Waals surface area (Å²) in [5, 5.41) is 6.93. The quantitative estimate of drug-likeness (QED) is 0.371. The van der Waals surface area contributed by atoms with Crippen molar-refractivity contribution in [2.24, 2.45) is 0 Å². The summed E-state index contributed by atoms with van der Waals surface area (Å²) in [4.78, 5) is 1.63. The van der Waals surface area contributed by atoms with Gasteiger partial charge in [-0.25, -0.2) is 0 Å². The van der Waals surface area contributed by atoms with Crippen LogP contribution in [0.3, 0.4) is 0 Å². The number of hydrogen-bond donors (Lipinski definition) is 1. The van der Waals surface area contributed by atoms with Crippen LogP contribution in [0.15, 0.2) is 36.6 Å². The van der Waals surface area contributed by atoms with E-state index in [-0.39, 0.29) is 0 Å². The SMILES string of the molecule is C=C/C(C)=C\C(=C)N(C)C=N. The van der Waals surface area contributed by atoms with Crippen molar-refractivity contribution in [3.63, 3.8) is 0 Å². The molecule has 0 radical (unpaired) electrons. The molecule has 0 saturated carbocycles. The van der Waals surface area contributed by atoms with Crippen molar-refractivity contribution in [1.82, 2.24) is 4.90 Å². The minimum atomic E-state index is 0.789. The van der Waals surface area contributed by atoms with E-state index in [2.05, 4.69) is 13.2 Å². The van der Waals surface area contributed by atoms with E-state index in [1.165, 1.54) is 6.34 Å². The third-order valence-electron chi connectivity index (χ3n) is 1.36. The number of nitrogens with zero attached hydrogens (tertiary/aromatic N) is 1. The van der Waals surface area contributed by atoms with Crippen LogP contribution in [0.5, 0.6) is 0 Å². The van der Waals surface area contributed by atoms with Crippen LogP contribution >= 0.6 is 0 Å². The van der Waals surface area contributed by atoms with Crippen LogP contribution in [0.25, 0.3) is 0 Å². The Kier molecular flexibility index (Phi) is 3.96. The lowest BCUT2D eigenvalue weighted by Gasteiger charge is -2.11. The Labute approximate surface area is 68.0 Å². The van der Waals surface area contributed by atoms with E-state index in [4.69, 9.17) is 5.41 Å². The molecule has 0 unspecified atom stereocenters. The van der Waals surface area contributed by atoms with Crippen molar-refractivity contribution in [3.8, 4) is 0 Å². The number of hydrogen-bond acceptors (Lipinski definition) is 1. The first-order valence-electron chi connectivity index (χ1n) is 3.35. The molecule has 0 aromatic carbocycles. The van der Waals surface area contributed by atoms with Gasteiger partial charge in [0.2, 0.25) is 0 Å². The molecule has 2 nitrogen and oxygen atoms in total. The zero-order valence-electron chi connectivity index (χ0n) is 7.09. The van der Waals surface area contributed by atoms with Crippen molar-refractivity contribution in [2.45, 2.75) is 6.92 Å². The van der Waals surface area contributed by atoms with Gasteiger partial charge in [0.1, 0.15) is 0 Å². The molecule has 11 heavy (non-hydrogen) atoms. The standard InChI is InChI=1S/C9H14N2/c1-5-8(2)6-9(3)11(4)7-10/h5-7,10H,1,3H2,2,4H3/b8-6-,10-7?. The number of rotatable bonds is 4. The molecule has 0 bridgehead atoms. The fourth-order valence-electron chi connectivity index (χ4n) is 0.506. The topological polar surface area (TPSA) is 27.1 Å². The lowest BCUT2D eigenvalue weighted by Crippen LogP contribution is -2.12. The van der Waals surface area contributed by atoms with E-state index in [9.17, 15) is 0 Å². The van der Waals surface area contributed by atoms with Gasteiger partial charge >= 0.3 is 0 Å². The van der Waals surface area contributed by atoms with Gasteiger partial charge < -0.3 is 4.90 Å². The van der Waals surface area contributed by atoms with Crippen LogP contribution < -0.4 is 0 Å². The maximum absolute atomic E-state index is 6.93. The highest BCUT2D eigenvalue weighted by molar-refractivity contribution is 5.55. The zero-order chi connectivity index (χ0) is 8.85. The highest BCUT2D eigenvalue weighted by atomic mass is 15.1. The van der Waals surface area contributed by atoms with Gasteiger partial charge in [-0.15, -0.1) is 0 Å². The smallest absolute Gasteiger partial charge is 0.0859 e. The molecular formula is C9H14N2. The fraction of sp³-hybridized carbons (Fsp3) is 0.222. The molecule has 0 aliphatic heterocycles. The first kappa shape index (κ1) is 9.69. The first-order chi connectivity index (χ1) is 5.11. The van der Waals surface area contributed by atoms with Crippen molar-refractivity contribution in [2.75, 3.05) is 7.05 Å². The molecule has 0 saturated heterocycles. The van der Waals surface area contributed by atoms with Gasteiger partial charge in [0.15, 0.2) is 0 Å². The molecule has 0 atom stereocenters. The molecule has 60 valence electrons. The Morgan fingerprint density at radius 1 is 1.55 bits per heavy atom. The van der Waals surface area contributed by atoms with Crippen molar-refractivity contribution in [3.05, 3.63) is 36.6 Å². The molecule has 0 amide bonds. The second-order valence-corrected chi connectivity index (χ2v) is 2.32. The molecule has 0 heterocycles. The largest absolute Gasteiger partial charge is 0.337 e. The van der Waals surface area contributed by atoms with Gasteiger partial charge in [0, 0.05) is 12.7 Å². The molecule has 0 aliphatic rings. The molecule has 0 rings (SSSR count). The Hall–Kier alpha value is -1.31. The predicted molar refractivity (Wildman–Crippen MR) is 49.6 cm³/mol. The number of allylic oxidation sites excluding steroid dienone is 3. The summed E-state index contributed by atoms with van der Waals surface area (Å²) in [6.45, 7) is 9.32. The monoisotopic (exact) mass is 150 g/mol. The highest BCUT2D eigenvalue weighted by Crippen LogP contribution is 2.02. The maximum Gasteiger partial charge on any atom is 0.0859 e. The Morgan fingerprint density at radius 2 is 2.09 bits per heavy atom. The van der Waals surface area contributed by atoms with E-state index in [1.807, 2.05) is 13.0 Å². The van der Waals surface area contributed by atoms with E-state index in [1.54, 1.807) is 18.0 Å². The van der Waals surface area contributed by atoms with Gasteiger partial charge in [-0.3, -0.25) is 5.41 Å². The predicted octanol–water partition coefficient (Wildman–Crippen LogP) is 2.17. The Morgan fingerprint density at radius 3 is 2.45 bits per heavy atom. The molecule has 0 fully saturated rings. The second-order valence-electron chi connectivity index (χ2n) is 2.32. The van der Waals surface area contributed by atoms with E-state index < -0.39 is 0 Å². The summed E-state index contributed by atoms with van der Waals surface area (Å²) in [6.07, 6.45) is 4.84. The lowest BCUT2D eigenvalue weighted by atomic mass is 10.2. The van der Waals surface area contributed by atoms with Crippen LogP contribution in [0.2, 0.25) is 0 Å². The van der Waals surface area contributed by atoms with Crippen LogP contribution in [0, 0.1) is 5.41 Å². The third kappa shape index (κ3) is 3.40. The second kappa shape index (κ2) is 4.50. The molecule has 1 N–H and O–H groups in total. The molecule has 0 aromatic heterocycles. The summed E-state index contributed by atoms with van der Waals surface area (Å²) in [7, 11) is 1.78. The summed E-state index contributed by atoms with van der Waals surface area (Å²) in [6, 6.07) is 0. The molecular weight excluding hydrogens is 136 g/mol. The molecule has 0 aromatic rings. The van der Waals surface area contributed by atoms with Crippen LogP contribution in [-0.2, 0) is 0 Å². The average molecular weight is 150 g/mol. The van der Waals surface area contributed by atoms with Gasteiger partial charge in [-0.2, -0.15) is 0 Å². The Balaban J connectivity index is 4.27. The summed E-state index contributed by atoms with van der Waals surface area (Å²) in [5.74, 6) is 0. The zero-order valence-corrected chi connectivity index (χ0v) is 7.09. The third-order valence-corrected chi connectivity index (χ3v) is 1.36. The number of nitrogens with one attached hydrogen (secondary N) is 1. The van der Waals surface area contributed by atoms with Gasteiger partial charge in [-0.1, -0.05) is 19.2 Å². The van der Waals surface area contributed by atoms with Gasteiger partial charge in [0.05, 0.1) is 6.34 Å². The summed E-state index contributed by atoms with van der Waals surface area (Å²) < 4.78 is 0. The first-order valence-corrected chi connectivity index (χ1v) is 3.35. The van der Waals surface area contributed by atoms with Crippen molar-refractivity contribution in [1.29, 1.82) is 5.41 Å². The van der Waals surface area contributed by atoms with E-state index >= 15 is 0 Å². The normalized spacial score (nSPS) is 10.5. The lowest BCUT2D eigenvalue weighted by molar-refractivity contribution is 0.666. The molecule has 0 aliphatic carbocycles. The fourth-order valence-corrected chi connectivity index (χ4v) is 0.506. The van der Waals surface area contributed by atoms with E-state index in [0.29, 0.717) is 0 Å². The van der Waals surface area contributed by atoms with Gasteiger partial charge in [0.25, 0.3) is 0 Å². The summed E-state index contributed by atoms with van der Waals surface area (Å²) >= 11 is 0. The van der Waals surface area contributed by atoms with Crippen LogP contribution in [-0.4, -0.2) is 18.3 Å². The minimum Gasteiger partial charge on any atom is -0.337 e. The van der Waals surface area contributed by atoms with Crippen LogP contribution in [0.4, 0.5) is 0 Å².